The molecule has 1 aliphatic carbocycles. The number of ether oxygens (including phenoxy) is 1. The van der Waals surface area contributed by atoms with Crippen molar-refractivity contribution in [1.82, 2.24) is 9.97 Å². The van der Waals surface area contributed by atoms with Crippen LogP contribution in [0.25, 0.3) is 0 Å². The Bertz CT molecular complexity index is 963. The van der Waals surface area contributed by atoms with Crippen LogP contribution in [0.4, 0.5) is 5.82 Å². The summed E-state index contributed by atoms with van der Waals surface area (Å²) in [5, 5.41) is 3.81. The number of carbonyl (C=O) groups excluding carboxylic acids is 1. The SMILES string of the molecule is COc1ccc(C2C3=C(CCCC3=O)Nc3nc(SC)[nH]c(=O)c32)cc1. The van der Waals surface area contributed by atoms with Gasteiger partial charge in [-0.3, -0.25) is 9.59 Å². The Labute approximate surface area is 155 Å². The summed E-state index contributed by atoms with van der Waals surface area (Å²) in [4.78, 5) is 32.9. The van der Waals surface area contributed by atoms with Gasteiger partial charge in [-0.25, -0.2) is 4.98 Å². The van der Waals surface area contributed by atoms with Crippen molar-refractivity contribution in [2.75, 3.05) is 18.7 Å². The van der Waals surface area contributed by atoms with Crippen molar-refractivity contribution in [1.29, 1.82) is 0 Å². The molecular formula is C19H19N3O3S. The smallest absolute Gasteiger partial charge is 0.257 e. The molecule has 7 heteroatoms. The number of allylic oxidation sites excluding steroid dienone is 2. The maximum absolute atomic E-state index is 12.8. The van der Waals surface area contributed by atoms with E-state index in [9.17, 15) is 9.59 Å². The Morgan fingerprint density at radius 1 is 1.19 bits per heavy atom. The summed E-state index contributed by atoms with van der Waals surface area (Å²) in [6, 6.07) is 7.52. The molecule has 2 N–H and O–H groups in total. The molecule has 0 amide bonds. The van der Waals surface area contributed by atoms with E-state index in [1.807, 2.05) is 30.5 Å². The summed E-state index contributed by atoms with van der Waals surface area (Å²) in [6.07, 6.45) is 3.98. The first-order chi connectivity index (χ1) is 12.6. The monoisotopic (exact) mass is 369 g/mol. The van der Waals surface area contributed by atoms with Gasteiger partial charge in [0.1, 0.15) is 11.6 Å². The van der Waals surface area contributed by atoms with Gasteiger partial charge in [0.05, 0.1) is 12.7 Å². The lowest BCUT2D eigenvalue weighted by atomic mass is 9.76. The topological polar surface area (TPSA) is 84.1 Å². The molecule has 134 valence electrons. The minimum atomic E-state index is -0.410. The molecule has 0 fully saturated rings. The van der Waals surface area contributed by atoms with Gasteiger partial charge < -0.3 is 15.0 Å². The molecule has 2 heterocycles. The number of hydrogen-bond acceptors (Lipinski definition) is 6. The summed E-state index contributed by atoms with van der Waals surface area (Å²) in [7, 11) is 1.61. The molecule has 1 aliphatic heterocycles. The molecular weight excluding hydrogens is 350 g/mol. The second-order valence-electron chi connectivity index (χ2n) is 6.34. The normalized spacial score (nSPS) is 18.8. The molecule has 0 bridgehead atoms. The number of fused-ring (bicyclic) bond motifs is 1. The number of aromatic nitrogens is 2. The number of carbonyl (C=O) groups is 1. The lowest BCUT2D eigenvalue weighted by molar-refractivity contribution is -0.116. The zero-order valence-corrected chi connectivity index (χ0v) is 15.4. The third-order valence-corrected chi connectivity index (χ3v) is 5.46. The third kappa shape index (κ3) is 2.72. The predicted molar refractivity (Wildman–Crippen MR) is 101 cm³/mol. The van der Waals surface area contributed by atoms with Gasteiger partial charge in [-0.05, 0) is 36.8 Å². The molecule has 1 aromatic heterocycles. The van der Waals surface area contributed by atoms with E-state index in [1.165, 1.54) is 11.8 Å². The number of nitrogens with one attached hydrogen (secondary N) is 2. The van der Waals surface area contributed by atoms with Crippen molar-refractivity contribution in [2.45, 2.75) is 30.3 Å². The molecule has 0 saturated carbocycles. The number of Topliss-reactive ketones (excluding diaryl/α,β-unsaturated/α-hetero) is 1. The van der Waals surface area contributed by atoms with Crippen molar-refractivity contribution >= 4 is 23.4 Å². The van der Waals surface area contributed by atoms with E-state index in [2.05, 4.69) is 15.3 Å². The molecule has 4 rings (SSSR count). The minimum absolute atomic E-state index is 0.0959. The number of benzene rings is 1. The van der Waals surface area contributed by atoms with Gasteiger partial charge in [0, 0.05) is 23.6 Å². The van der Waals surface area contributed by atoms with Gasteiger partial charge in [0.15, 0.2) is 10.9 Å². The van der Waals surface area contributed by atoms with Crippen LogP contribution in [-0.4, -0.2) is 29.1 Å². The van der Waals surface area contributed by atoms with E-state index in [1.54, 1.807) is 7.11 Å². The Morgan fingerprint density at radius 2 is 1.96 bits per heavy atom. The number of nitrogens with zero attached hydrogens (tertiary/aromatic N) is 1. The number of ketones is 1. The number of rotatable bonds is 3. The summed E-state index contributed by atoms with van der Waals surface area (Å²) < 4.78 is 5.23. The highest BCUT2D eigenvalue weighted by Crippen LogP contribution is 2.43. The zero-order valence-electron chi connectivity index (χ0n) is 14.6. The molecule has 0 saturated heterocycles. The third-order valence-electron chi connectivity index (χ3n) is 4.88. The first-order valence-electron chi connectivity index (χ1n) is 8.47. The Balaban J connectivity index is 1.94. The standard InChI is InChI=1S/C19H19N3O3S/c1-25-11-8-6-10(7-9-11)14-15-12(4-3-5-13(15)23)20-17-16(14)18(24)22-19(21-17)26-2/h6-9,14H,3-5H2,1-2H3,(H2,20,21,22,24). The molecule has 26 heavy (non-hydrogen) atoms. The largest absolute Gasteiger partial charge is 0.497 e. The number of thioether (sulfide) groups is 1. The Morgan fingerprint density at radius 3 is 2.65 bits per heavy atom. The Kier molecular flexibility index (Phi) is 4.32. The lowest BCUT2D eigenvalue weighted by Gasteiger charge is -2.32. The zero-order chi connectivity index (χ0) is 18.3. The molecule has 2 aromatic rings. The van der Waals surface area contributed by atoms with Crippen LogP contribution in [0.2, 0.25) is 0 Å². The van der Waals surface area contributed by atoms with E-state index in [0.717, 1.165) is 29.9 Å². The van der Waals surface area contributed by atoms with Crippen molar-refractivity contribution in [3.05, 3.63) is 57.0 Å². The van der Waals surface area contributed by atoms with E-state index >= 15 is 0 Å². The molecule has 2 aliphatic rings. The number of anilines is 1. The minimum Gasteiger partial charge on any atom is -0.497 e. The first kappa shape index (κ1) is 16.9. The number of H-pyrrole nitrogens is 1. The highest BCUT2D eigenvalue weighted by Gasteiger charge is 2.37. The van der Waals surface area contributed by atoms with Crippen LogP contribution >= 0.6 is 11.8 Å². The number of aromatic amines is 1. The van der Waals surface area contributed by atoms with Crippen LogP contribution in [0.1, 0.15) is 36.3 Å². The summed E-state index contributed by atoms with van der Waals surface area (Å²) in [6.45, 7) is 0. The maximum Gasteiger partial charge on any atom is 0.257 e. The van der Waals surface area contributed by atoms with Crippen LogP contribution in [-0.2, 0) is 4.79 Å². The lowest BCUT2D eigenvalue weighted by Crippen LogP contribution is -2.32. The van der Waals surface area contributed by atoms with Crippen molar-refractivity contribution < 1.29 is 9.53 Å². The van der Waals surface area contributed by atoms with E-state index in [4.69, 9.17) is 4.74 Å². The van der Waals surface area contributed by atoms with Gasteiger partial charge in [-0.1, -0.05) is 23.9 Å². The average molecular weight is 369 g/mol. The fourth-order valence-corrected chi connectivity index (χ4v) is 4.04. The van der Waals surface area contributed by atoms with Crippen LogP contribution in [0, 0.1) is 0 Å². The van der Waals surface area contributed by atoms with Gasteiger partial charge in [-0.15, -0.1) is 0 Å². The van der Waals surface area contributed by atoms with Crippen molar-refractivity contribution in [2.24, 2.45) is 0 Å². The molecule has 0 radical (unpaired) electrons. The highest BCUT2D eigenvalue weighted by molar-refractivity contribution is 7.98. The number of methoxy groups -OCH3 is 1. The van der Waals surface area contributed by atoms with Gasteiger partial charge in [-0.2, -0.15) is 0 Å². The summed E-state index contributed by atoms with van der Waals surface area (Å²) in [5.74, 6) is 0.967. The first-order valence-corrected chi connectivity index (χ1v) is 9.70. The van der Waals surface area contributed by atoms with Crippen LogP contribution in [0.3, 0.4) is 0 Å². The Hall–Kier alpha value is -2.54. The van der Waals surface area contributed by atoms with Crippen LogP contribution in [0.5, 0.6) is 5.75 Å². The summed E-state index contributed by atoms with van der Waals surface area (Å²) in [5.41, 5.74) is 2.76. The second-order valence-corrected chi connectivity index (χ2v) is 7.13. The molecule has 6 nitrogen and oxygen atoms in total. The summed E-state index contributed by atoms with van der Waals surface area (Å²) >= 11 is 1.38. The van der Waals surface area contributed by atoms with E-state index in [0.29, 0.717) is 28.5 Å². The van der Waals surface area contributed by atoms with Crippen LogP contribution in [0.15, 0.2) is 45.5 Å². The van der Waals surface area contributed by atoms with Crippen LogP contribution < -0.4 is 15.6 Å². The van der Waals surface area contributed by atoms with E-state index in [-0.39, 0.29) is 11.3 Å². The quantitative estimate of drug-likeness (QED) is 0.639. The highest BCUT2D eigenvalue weighted by atomic mass is 32.2. The van der Waals surface area contributed by atoms with Crippen molar-refractivity contribution in [3.63, 3.8) is 0 Å². The second kappa shape index (κ2) is 6.64. The van der Waals surface area contributed by atoms with E-state index < -0.39 is 5.92 Å². The predicted octanol–water partition coefficient (Wildman–Crippen LogP) is 3.06. The van der Waals surface area contributed by atoms with Crippen molar-refractivity contribution in [3.8, 4) is 5.75 Å². The molecule has 1 aromatic carbocycles. The van der Waals surface area contributed by atoms with Gasteiger partial charge >= 0.3 is 0 Å². The fourth-order valence-electron chi connectivity index (χ4n) is 3.67. The fraction of sp³-hybridized carbons (Fsp3) is 0.316. The maximum atomic E-state index is 12.8. The van der Waals surface area contributed by atoms with Gasteiger partial charge in [0.2, 0.25) is 0 Å². The molecule has 0 spiro atoms. The average Bonchev–Trinajstić information content (AvgIpc) is 2.66. The molecule has 1 atom stereocenters. The molecule has 1 unspecified atom stereocenters. The van der Waals surface area contributed by atoms with Gasteiger partial charge in [0.25, 0.3) is 5.56 Å². The number of hydrogen-bond donors (Lipinski definition) is 2.